The first-order chi connectivity index (χ1) is 12.0. The van der Waals surface area contributed by atoms with E-state index in [0.717, 1.165) is 30.2 Å². The van der Waals surface area contributed by atoms with Gasteiger partial charge in [0.1, 0.15) is 0 Å². The van der Waals surface area contributed by atoms with Gasteiger partial charge in [-0.2, -0.15) is 0 Å². The van der Waals surface area contributed by atoms with Crippen LogP contribution in [0.1, 0.15) is 13.8 Å². The molecule has 25 heavy (non-hydrogen) atoms. The van der Waals surface area contributed by atoms with Crippen molar-refractivity contribution in [2.75, 3.05) is 37.0 Å². The summed E-state index contributed by atoms with van der Waals surface area (Å²) in [4.78, 5) is 16.6. The summed E-state index contributed by atoms with van der Waals surface area (Å²) in [5.41, 5.74) is 1.41. The number of alkyl halides is 1. The first-order valence-electron chi connectivity index (χ1n) is 8.51. The number of benzene rings is 1. The summed E-state index contributed by atoms with van der Waals surface area (Å²) in [6.45, 7) is 6.65. The fourth-order valence-electron chi connectivity index (χ4n) is 2.88. The van der Waals surface area contributed by atoms with Gasteiger partial charge in [-0.25, -0.2) is 0 Å². The molecule has 0 saturated carbocycles. The van der Waals surface area contributed by atoms with E-state index in [-0.39, 0.29) is 5.91 Å². The van der Waals surface area contributed by atoms with Gasteiger partial charge in [0, 0.05) is 37.6 Å². The van der Waals surface area contributed by atoms with Crippen molar-refractivity contribution >= 4 is 23.3 Å². The Kier molecular flexibility index (Phi) is 5.23. The van der Waals surface area contributed by atoms with E-state index in [0.29, 0.717) is 19.0 Å². The molecular weight excluding hydrogens is 336 g/mol. The monoisotopic (exact) mass is 358 g/mol. The van der Waals surface area contributed by atoms with Crippen LogP contribution in [0.25, 0.3) is 11.3 Å². The number of hydrogen-bond acceptors (Lipinski definition) is 4. The summed E-state index contributed by atoms with van der Waals surface area (Å²) in [5.74, 6) is 1.30. The average molecular weight is 359 g/mol. The van der Waals surface area contributed by atoms with Gasteiger partial charge in [0.25, 0.3) is 0 Å². The third kappa shape index (κ3) is 3.93. The maximum atomic E-state index is 12.5. The summed E-state index contributed by atoms with van der Waals surface area (Å²) < 4.78 is 0. The number of aromatic nitrogens is 2. The highest BCUT2D eigenvalue weighted by molar-refractivity contribution is 6.19. The molecule has 1 aliphatic heterocycles. The van der Waals surface area contributed by atoms with Crippen LogP contribution in [0, 0.1) is 5.41 Å². The third-order valence-electron chi connectivity index (χ3n) is 4.52. The molecule has 132 valence electrons. The lowest BCUT2D eigenvalue weighted by Gasteiger charge is -2.38. The molecule has 5 nitrogen and oxygen atoms in total. The Bertz CT molecular complexity index is 710. The van der Waals surface area contributed by atoms with Crippen LogP contribution >= 0.6 is 11.6 Å². The molecule has 0 N–H and O–H groups in total. The van der Waals surface area contributed by atoms with Gasteiger partial charge < -0.3 is 9.80 Å². The van der Waals surface area contributed by atoms with Gasteiger partial charge in [0.05, 0.1) is 11.1 Å². The van der Waals surface area contributed by atoms with E-state index in [4.69, 9.17) is 11.6 Å². The number of nitrogens with zero attached hydrogens (tertiary/aromatic N) is 4. The summed E-state index contributed by atoms with van der Waals surface area (Å²) in [7, 11) is 0. The zero-order valence-electron chi connectivity index (χ0n) is 14.7. The number of amides is 1. The molecule has 0 atom stereocenters. The van der Waals surface area contributed by atoms with Crippen molar-refractivity contribution in [3.8, 4) is 11.3 Å². The van der Waals surface area contributed by atoms with Crippen molar-refractivity contribution < 1.29 is 4.79 Å². The van der Waals surface area contributed by atoms with Crippen LogP contribution in [0.2, 0.25) is 0 Å². The highest BCUT2D eigenvalue weighted by atomic mass is 35.5. The predicted octanol–water partition coefficient (Wildman–Crippen LogP) is 3.06. The first-order valence-corrected chi connectivity index (χ1v) is 9.04. The molecule has 6 heteroatoms. The summed E-state index contributed by atoms with van der Waals surface area (Å²) >= 11 is 5.92. The minimum absolute atomic E-state index is 0.118. The second-order valence-electron chi connectivity index (χ2n) is 6.94. The number of carbonyl (C=O) groups is 1. The van der Waals surface area contributed by atoms with E-state index in [9.17, 15) is 4.79 Å². The van der Waals surface area contributed by atoms with Gasteiger partial charge in [-0.05, 0) is 26.0 Å². The number of halogens is 1. The number of piperazine rings is 1. The van der Waals surface area contributed by atoms with Gasteiger partial charge in [-0.15, -0.1) is 21.8 Å². The molecule has 2 aromatic rings. The maximum absolute atomic E-state index is 12.5. The highest BCUT2D eigenvalue weighted by Gasteiger charge is 2.33. The van der Waals surface area contributed by atoms with Crippen LogP contribution in [0.3, 0.4) is 0 Å². The minimum Gasteiger partial charge on any atom is -0.352 e. The van der Waals surface area contributed by atoms with Crippen LogP contribution < -0.4 is 4.90 Å². The van der Waals surface area contributed by atoms with Crippen LogP contribution in [0.15, 0.2) is 42.5 Å². The molecule has 3 rings (SSSR count). The van der Waals surface area contributed by atoms with Gasteiger partial charge in [0.2, 0.25) is 5.91 Å². The summed E-state index contributed by atoms with van der Waals surface area (Å²) in [6.07, 6.45) is 0. The molecule has 0 unspecified atom stereocenters. The average Bonchev–Trinajstić information content (AvgIpc) is 2.68. The number of hydrogen-bond donors (Lipinski definition) is 0. The Morgan fingerprint density at radius 2 is 1.72 bits per heavy atom. The zero-order valence-corrected chi connectivity index (χ0v) is 15.4. The predicted molar refractivity (Wildman–Crippen MR) is 101 cm³/mol. The van der Waals surface area contributed by atoms with Gasteiger partial charge in [-0.3, -0.25) is 4.79 Å². The fourth-order valence-corrected chi connectivity index (χ4v) is 2.99. The molecule has 0 radical (unpaired) electrons. The third-order valence-corrected chi connectivity index (χ3v) is 5.19. The molecule has 1 aliphatic rings. The Morgan fingerprint density at radius 3 is 2.28 bits per heavy atom. The van der Waals surface area contributed by atoms with Crippen molar-refractivity contribution in [1.82, 2.24) is 15.1 Å². The number of anilines is 1. The largest absolute Gasteiger partial charge is 0.352 e. The molecule has 1 amide bonds. The van der Waals surface area contributed by atoms with Crippen molar-refractivity contribution in [3.05, 3.63) is 42.5 Å². The van der Waals surface area contributed by atoms with Gasteiger partial charge in [0.15, 0.2) is 5.82 Å². The Labute approximate surface area is 153 Å². The van der Waals surface area contributed by atoms with Crippen LogP contribution in [-0.4, -0.2) is 53.1 Å². The summed E-state index contributed by atoms with van der Waals surface area (Å²) in [5, 5.41) is 8.71. The normalized spacial score (nSPS) is 15.3. The molecule has 2 heterocycles. The molecule has 0 aliphatic carbocycles. The van der Waals surface area contributed by atoms with Crippen LogP contribution in [0.5, 0.6) is 0 Å². The Hall–Kier alpha value is -2.14. The van der Waals surface area contributed by atoms with Gasteiger partial charge >= 0.3 is 0 Å². The van der Waals surface area contributed by atoms with Crippen LogP contribution in [0.4, 0.5) is 5.82 Å². The van der Waals surface area contributed by atoms with Gasteiger partial charge in [-0.1, -0.05) is 30.3 Å². The van der Waals surface area contributed by atoms with E-state index in [1.807, 2.05) is 61.2 Å². The molecule has 1 aromatic carbocycles. The van der Waals surface area contributed by atoms with E-state index in [1.54, 1.807) is 0 Å². The smallest absolute Gasteiger partial charge is 0.229 e. The van der Waals surface area contributed by atoms with E-state index >= 15 is 0 Å². The molecule has 1 aromatic heterocycles. The first kappa shape index (κ1) is 17.7. The quantitative estimate of drug-likeness (QED) is 0.788. The standard InChI is InChI=1S/C19H23ClN4O/c1-19(2,14-20)18(25)24-12-10-23(11-13-24)17-9-8-16(21-22-17)15-6-4-3-5-7-15/h3-9H,10-14H2,1-2H3. The summed E-state index contributed by atoms with van der Waals surface area (Å²) in [6, 6.07) is 14.0. The SMILES string of the molecule is CC(C)(CCl)C(=O)N1CCN(c2ccc(-c3ccccc3)nn2)CC1. The number of carbonyl (C=O) groups excluding carboxylic acids is 1. The van der Waals surface area contributed by atoms with E-state index in [1.165, 1.54) is 0 Å². The Balaban J connectivity index is 1.63. The molecule has 0 bridgehead atoms. The second-order valence-corrected chi connectivity index (χ2v) is 7.21. The maximum Gasteiger partial charge on any atom is 0.229 e. The molecule has 0 spiro atoms. The van der Waals surface area contributed by atoms with E-state index < -0.39 is 5.41 Å². The van der Waals surface area contributed by atoms with Crippen molar-refractivity contribution in [1.29, 1.82) is 0 Å². The van der Waals surface area contributed by atoms with Crippen molar-refractivity contribution in [2.24, 2.45) is 5.41 Å². The second kappa shape index (κ2) is 7.40. The highest BCUT2D eigenvalue weighted by Crippen LogP contribution is 2.23. The molecule has 1 fully saturated rings. The van der Waals surface area contributed by atoms with Crippen molar-refractivity contribution in [3.63, 3.8) is 0 Å². The fraction of sp³-hybridized carbons (Fsp3) is 0.421. The lowest BCUT2D eigenvalue weighted by Crippen LogP contribution is -2.52. The number of rotatable bonds is 4. The Morgan fingerprint density at radius 1 is 1.04 bits per heavy atom. The lowest BCUT2D eigenvalue weighted by molar-refractivity contribution is -0.139. The topological polar surface area (TPSA) is 49.3 Å². The van der Waals surface area contributed by atoms with Crippen LogP contribution in [-0.2, 0) is 4.79 Å². The zero-order chi connectivity index (χ0) is 17.9. The van der Waals surface area contributed by atoms with Crippen molar-refractivity contribution in [2.45, 2.75) is 13.8 Å². The minimum atomic E-state index is -0.513. The molecule has 1 saturated heterocycles. The lowest BCUT2D eigenvalue weighted by atomic mass is 9.94. The van der Waals surface area contributed by atoms with E-state index in [2.05, 4.69) is 15.1 Å². The molecular formula is C19H23ClN4O.